The number of fused-ring (bicyclic) bond motifs is 7. The molecule has 0 atom stereocenters. The van der Waals surface area contributed by atoms with Crippen LogP contribution in [0.2, 0.25) is 0 Å². The van der Waals surface area contributed by atoms with Crippen molar-refractivity contribution >= 4 is 49.8 Å². The van der Waals surface area contributed by atoms with Crippen LogP contribution in [0.5, 0.6) is 0 Å². The molecule has 0 unspecified atom stereocenters. The lowest BCUT2D eigenvalue weighted by molar-refractivity contribution is 0.445. The molecule has 1 fully saturated rings. The molecule has 0 saturated heterocycles. The van der Waals surface area contributed by atoms with Crippen LogP contribution in [0, 0.1) is 0 Å². The maximum Gasteiger partial charge on any atom is 0.143 e. The Morgan fingerprint density at radius 2 is 1.06 bits per heavy atom. The van der Waals surface area contributed by atoms with Gasteiger partial charge in [0.15, 0.2) is 0 Å². The zero-order valence-corrected chi connectivity index (χ0v) is 35.9. The molecule has 0 aliphatic heterocycles. The third-order valence-corrected chi connectivity index (χ3v) is 14.3. The van der Waals surface area contributed by atoms with E-state index in [0.717, 1.165) is 50.1 Å². The first-order valence-electron chi connectivity index (χ1n) is 22.8. The predicted molar refractivity (Wildman–Crippen MR) is 266 cm³/mol. The molecule has 0 spiro atoms. The minimum absolute atomic E-state index is 0.0526. The average molecular weight is 812 g/mol. The van der Waals surface area contributed by atoms with Crippen molar-refractivity contribution in [3.63, 3.8) is 0 Å². The summed E-state index contributed by atoms with van der Waals surface area (Å²) in [6, 6.07) is 71.9. The summed E-state index contributed by atoms with van der Waals surface area (Å²) >= 11 is 0. The van der Waals surface area contributed by atoms with Gasteiger partial charge in [-0.3, -0.25) is 0 Å². The van der Waals surface area contributed by atoms with Crippen molar-refractivity contribution in [3.05, 3.63) is 211 Å². The van der Waals surface area contributed by atoms with Crippen LogP contribution >= 0.6 is 0 Å². The molecule has 0 bridgehead atoms. The topological polar surface area (TPSA) is 16.4 Å². The maximum absolute atomic E-state index is 6.50. The van der Waals surface area contributed by atoms with Crippen LogP contribution in [-0.4, -0.2) is 0 Å². The second kappa shape index (κ2) is 15.0. The van der Waals surface area contributed by atoms with Crippen LogP contribution < -0.4 is 4.90 Å². The van der Waals surface area contributed by atoms with Gasteiger partial charge in [-0.25, -0.2) is 0 Å². The average Bonchev–Trinajstić information content (AvgIpc) is 3.84. The van der Waals surface area contributed by atoms with Gasteiger partial charge in [0.05, 0.1) is 5.69 Å². The van der Waals surface area contributed by atoms with Crippen LogP contribution in [0.4, 0.5) is 17.1 Å². The minimum atomic E-state index is -0.0526. The Kier molecular flexibility index (Phi) is 8.97. The lowest BCUT2D eigenvalue weighted by atomic mass is 9.80. The zero-order valence-electron chi connectivity index (χ0n) is 35.9. The van der Waals surface area contributed by atoms with Crippen molar-refractivity contribution in [2.75, 3.05) is 4.90 Å². The molecular formula is C61H49NO. The van der Waals surface area contributed by atoms with E-state index >= 15 is 0 Å². The Bertz CT molecular complexity index is 3340. The van der Waals surface area contributed by atoms with E-state index in [1.807, 2.05) is 6.07 Å². The smallest absolute Gasteiger partial charge is 0.143 e. The van der Waals surface area contributed by atoms with Crippen molar-refractivity contribution < 1.29 is 4.42 Å². The molecule has 2 aliphatic rings. The fraction of sp³-hybridized carbons (Fsp3) is 0.148. The van der Waals surface area contributed by atoms with E-state index in [1.54, 1.807) is 0 Å². The maximum atomic E-state index is 6.50. The normalized spacial score (nSPS) is 14.6. The van der Waals surface area contributed by atoms with E-state index < -0.39 is 0 Å². The number of hydrogen-bond acceptors (Lipinski definition) is 2. The Hall–Kier alpha value is -7.16. The van der Waals surface area contributed by atoms with Gasteiger partial charge in [-0.1, -0.05) is 185 Å². The quantitative estimate of drug-likeness (QED) is 0.159. The van der Waals surface area contributed by atoms with E-state index in [2.05, 4.69) is 207 Å². The Morgan fingerprint density at radius 1 is 0.460 bits per heavy atom. The molecule has 0 radical (unpaired) electrons. The second-order valence-corrected chi connectivity index (χ2v) is 18.2. The van der Waals surface area contributed by atoms with Gasteiger partial charge < -0.3 is 9.32 Å². The van der Waals surface area contributed by atoms with Gasteiger partial charge in [0.25, 0.3) is 0 Å². The Balaban J connectivity index is 0.993. The summed E-state index contributed by atoms with van der Waals surface area (Å²) in [6.45, 7) is 4.71. The van der Waals surface area contributed by atoms with Gasteiger partial charge in [0.1, 0.15) is 11.2 Å². The fourth-order valence-electron chi connectivity index (χ4n) is 11.1. The summed E-state index contributed by atoms with van der Waals surface area (Å²) in [5, 5.41) is 4.99. The molecule has 2 aliphatic carbocycles. The summed E-state index contributed by atoms with van der Waals surface area (Å²) in [5.74, 6) is 0.585. The molecule has 63 heavy (non-hydrogen) atoms. The molecule has 12 rings (SSSR count). The highest BCUT2D eigenvalue weighted by atomic mass is 16.3. The highest BCUT2D eigenvalue weighted by Gasteiger charge is 2.35. The molecule has 304 valence electrons. The van der Waals surface area contributed by atoms with Gasteiger partial charge in [0.2, 0.25) is 0 Å². The first-order valence-corrected chi connectivity index (χ1v) is 22.8. The number of rotatable bonds is 7. The lowest BCUT2D eigenvalue weighted by Crippen LogP contribution is -2.14. The molecule has 1 saturated carbocycles. The number of anilines is 3. The molecule has 9 aromatic carbocycles. The highest BCUT2D eigenvalue weighted by Crippen LogP contribution is 2.50. The van der Waals surface area contributed by atoms with E-state index in [9.17, 15) is 0 Å². The molecule has 1 heterocycles. The number of nitrogens with zero attached hydrogens (tertiary/aromatic N) is 1. The summed E-state index contributed by atoms with van der Waals surface area (Å²) in [6.07, 6.45) is 6.48. The van der Waals surface area contributed by atoms with Crippen molar-refractivity contribution in [1.29, 1.82) is 0 Å². The minimum Gasteiger partial charge on any atom is -0.455 e. The van der Waals surface area contributed by atoms with Crippen LogP contribution in [0.1, 0.15) is 68.6 Å². The molecule has 1 aromatic heterocycles. The third-order valence-electron chi connectivity index (χ3n) is 14.3. The van der Waals surface area contributed by atoms with Gasteiger partial charge in [0, 0.05) is 38.7 Å². The molecule has 0 N–H and O–H groups in total. The number of hydrogen-bond donors (Lipinski definition) is 0. The van der Waals surface area contributed by atoms with Gasteiger partial charge in [-0.15, -0.1) is 0 Å². The third kappa shape index (κ3) is 6.22. The second-order valence-electron chi connectivity index (χ2n) is 18.2. The fourth-order valence-corrected chi connectivity index (χ4v) is 11.1. The highest BCUT2D eigenvalue weighted by molar-refractivity contribution is 6.10. The summed E-state index contributed by atoms with van der Waals surface area (Å²) in [4.78, 5) is 2.45. The van der Waals surface area contributed by atoms with Crippen molar-refractivity contribution in [3.8, 4) is 44.5 Å². The van der Waals surface area contributed by atoms with Crippen LogP contribution in [-0.2, 0) is 5.41 Å². The van der Waals surface area contributed by atoms with Crippen molar-refractivity contribution in [1.82, 2.24) is 0 Å². The lowest BCUT2D eigenvalue weighted by Gasteiger charge is -2.29. The Labute approximate surface area is 370 Å². The zero-order chi connectivity index (χ0) is 42.1. The summed E-state index contributed by atoms with van der Waals surface area (Å²) in [7, 11) is 0. The SMILES string of the molecule is CC1(C)c2ccccc2-c2ccc(-c3ccc(N(c4ccc(-c5cccc6c5oc5ccccc56)cc4)c4ccccc4-c4cccc5cccc(C6CCCCC6)c45)cc3)cc21. The molecule has 10 aromatic rings. The monoisotopic (exact) mass is 811 g/mol. The van der Waals surface area contributed by atoms with E-state index in [4.69, 9.17) is 4.42 Å². The van der Waals surface area contributed by atoms with E-state index in [1.165, 1.54) is 92.9 Å². The van der Waals surface area contributed by atoms with Crippen LogP contribution in [0.25, 0.3) is 77.2 Å². The predicted octanol–water partition coefficient (Wildman–Crippen LogP) is 17.6. The molecule has 0 amide bonds. The summed E-state index contributed by atoms with van der Waals surface area (Å²) in [5.41, 5.74) is 19.3. The number of para-hydroxylation sites is 3. The number of furan rings is 1. The van der Waals surface area contributed by atoms with Gasteiger partial charge >= 0.3 is 0 Å². The first-order chi connectivity index (χ1) is 31.0. The van der Waals surface area contributed by atoms with Crippen molar-refractivity contribution in [2.45, 2.75) is 57.3 Å². The molecular weight excluding hydrogens is 763 g/mol. The summed E-state index contributed by atoms with van der Waals surface area (Å²) < 4.78 is 6.50. The van der Waals surface area contributed by atoms with Crippen molar-refractivity contribution in [2.24, 2.45) is 0 Å². The largest absolute Gasteiger partial charge is 0.455 e. The molecule has 2 nitrogen and oxygen atoms in total. The van der Waals surface area contributed by atoms with Crippen LogP contribution in [0.3, 0.4) is 0 Å². The van der Waals surface area contributed by atoms with E-state index in [-0.39, 0.29) is 5.41 Å². The standard InChI is InChI=1S/C61H49NO/c1-61(2)55-26-9-6-19-49(55)50-38-33-44(39-56(50)61)40-29-34-45(35-30-40)62(46-36-31-42(32-37-46)48-23-14-25-54-52-21-8-11-28-58(52)63-60(48)54)57-27-10-7-20-51(57)53-24-13-18-43-17-12-22-47(59(43)53)41-15-4-3-5-16-41/h6-14,17-39,41H,3-5,15-16H2,1-2H3. The van der Waals surface area contributed by atoms with E-state index in [0.29, 0.717) is 5.92 Å². The number of benzene rings is 9. The first kappa shape index (κ1) is 37.6. The van der Waals surface area contributed by atoms with Gasteiger partial charge in [-0.05, 0) is 122 Å². The van der Waals surface area contributed by atoms with Gasteiger partial charge in [-0.2, -0.15) is 0 Å². The Morgan fingerprint density at radius 3 is 1.87 bits per heavy atom. The van der Waals surface area contributed by atoms with Crippen LogP contribution in [0.15, 0.2) is 199 Å². The molecule has 2 heteroatoms.